The SMILES string of the molecule is CCC(C)c1nnc(CCl)n1C(C)(C)C. The summed E-state index contributed by atoms with van der Waals surface area (Å²) in [5.41, 5.74) is -0.00745. The van der Waals surface area contributed by atoms with Gasteiger partial charge in [-0.05, 0) is 27.2 Å². The highest BCUT2D eigenvalue weighted by molar-refractivity contribution is 6.16. The molecule has 0 amide bonds. The van der Waals surface area contributed by atoms with E-state index < -0.39 is 0 Å². The van der Waals surface area contributed by atoms with Crippen LogP contribution < -0.4 is 0 Å². The average molecular weight is 230 g/mol. The lowest BCUT2D eigenvalue weighted by Gasteiger charge is -2.26. The molecule has 15 heavy (non-hydrogen) atoms. The molecule has 0 aliphatic rings. The van der Waals surface area contributed by atoms with Gasteiger partial charge in [0, 0.05) is 11.5 Å². The van der Waals surface area contributed by atoms with Crippen molar-refractivity contribution >= 4 is 11.6 Å². The van der Waals surface area contributed by atoms with E-state index in [1.165, 1.54) is 0 Å². The minimum absolute atomic E-state index is 0.00745. The molecule has 0 aliphatic carbocycles. The summed E-state index contributed by atoms with van der Waals surface area (Å²) in [6.07, 6.45) is 1.07. The first-order chi connectivity index (χ1) is 6.91. The maximum absolute atomic E-state index is 5.88. The topological polar surface area (TPSA) is 30.7 Å². The summed E-state index contributed by atoms with van der Waals surface area (Å²) in [5.74, 6) is 2.74. The Bertz CT molecular complexity index is 325. The zero-order valence-corrected chi connectivity index (χ0v) is 11.0. The standard InChI is InChI=1S/C11H20ClN3/c1-6-8(2)10-14-13-9(7-12)15(10)11(3,4)5/h8H,6-7H2,1-5H3. The third kappa shape index (κ3) is 2.51. The van der Waals surface area contributed by atoms with E-state index in [0.29, 0.717) is 11.8 Å². The molecule has 1 aromatic heterocycles. The molecule has 0 saturated carbocycles. The van der Waals surface area contributed by atoms with Gasteiger partial charge in [0.15, 0.2) is 0 Å². The number of nitrogens with zero attached hydrogens (tertiary/aromatic N) is 3. The normalized spacial score (nSPS) is 14.3. The van der Waals surface area contributed by atoms with Crippen LogP contribution in [0.4, 0.5) is 0 Å². The van der Waals surface area contributed by atoms with Gasteiger partial charge < -0.3 is 4.57 Å². The summed E-state index contributed by atoms with van der Waals surface area (Å²) in [6, 6.07) is 0. The molecular formula is C11H20ClN3. The highest BCUT2D eigenvalue weighted by Crippen LogP contribution is 2.25. The second kappa shape index (κ2) is 4.52. The van der Waals surface area contributed by atoms with E-state index in [1.807, 2.05) is 0 Å². The Morgan fingerprint density at radius 2 is 1.93 bits per heavy atom. The van der Waals surface area contributed by atoms with Crippen molar-refractivity contribution in [2.24, 2.45) is 0 Å². The summed E-state index contributed by atoms with van der Waals surface area (Å²) in [5, 5.41) is 8.40. The summed E-state index contributed by atoms with van der Waals surface area (Å²) in [4.78, 5) is 0. The van der Waals surface area contributed by atoms with E-state index in [1.54, 1.807) is 0 Å². The average Bonchev–Trinajstić information content (AvgIpc) is 2.59. The highest BCUT2D eigenvalue weighted by atomic mass is 35.5. The molecule has 1 aromatic rings. The van der Waals surface area contributed by atoms with Gasteiger partial charge in [0.1, 0.15) is 11.6 Å². The minimum Gasteiger partial charge on any atom is -0.308 e. The molecule has 1 rings (SSSR count). The molecule has 0 fully saturated rings. The van der Waals surface area contributed by atoms with Crippen LogP contribution in [0.1, 0.15) is 58.6 Å². The Kier molecular flexibility index (Phi) is 3.77. The molecule has 4 heteroatoms. The third-order valence-electron chi connectivity index (χ3n) is 2.60. The van der Waals surface area contributed by atoms with Gasteiger partial charge in [-0.2, -0.15) is 0 Å². The number of alkyl halides is 1. The first-order valence-corrected chi connectivity index (χ1v) is 5.95. The van der Waals surface area contributed by atoms with Crippen LogP contribution in [0.15, 0.2) is 0 Å². The maximum Gasteiger partial charge on any atom is 0.148 e. The highest BCUT2D eigenvalue weighted by Gasteiger charge is 2.24. The van der Waals surface area contributed by atoms with Gasteiger partial charge in [-0.1, -0.05) is 13.8 Å². The largest absolute Gasteiger partial charge is 0.308 e. The number of hydrogen-bond acceptors (Lipinski definition) is 2. The molecule has 0 saturated heterocycles. The van der Waals surface area contributed by atoms with Crippen molar-refractivity contribution in [3.8, 4) is 0 Å². The van der Waals surface area contributed by atoms with E-state index in [2.05, 4.69) is 49.4 Å². The molecule has 0 bridgehead atoms. The molecule has 1 heterocycles. The minimum atomic E-state index is -0.00745. The van der Waals surface area contributed by atoms with Crippen LogP contribution in [-0.2, 0) is 11.4 Å². The Labute approximate surface area is 96.8 Å². The van der Waals surface area contributed by atoms with Gasteiger partial charge in [-0.3, -0.25) is 0 Å². The number of aromatic nitrogens is 3. The summed E-state index contributed by atoms with van der Waals surface area (Å²) in [7, 11) is 0. The van der Waals surface area contributed by atoms with E-state index in [-0.39, 0.29) is 5.54 Å². The van der Waals surface area contributed by atoms with Gasteiger partial charge in [0.05, 0.1) is 5.88 Å². The van der Waals surface area contributed by atoms with Gasteiger partial charge in [0.25, 0.3) is 0 Å². The Hall–Kier alpha value is -0.570. The van der Waals surface area contributed by atoms with Crippen LogP contribution in [-0.4, -0.2) is 14.8 Å². The summed E-state index contributed by atoms with van der Waals surface area (Å²) in [6.45, 7) is 10.8. The molecular weight excluding hydrogens is 210 g/mol. The predicted molar refractivity (Wildman–Crippen MR) is 63.3 cm³/mol. The second-order valence-corrected chi connectivity index (χ2v) is 5.19. The molecule has 86 valence electrons. The van der Waals surface area contributed by atoms with Gasteiger partial charge in [-0.25, -0.2) is 0 Å². The van der Waals surface area contributed by atoms with Crippen LogP contribution >= 0.6 is 11.6 Å². The van der Waals surface area contributed by atoms with Crippen molar-refractivity contribution in [2.45, 2.75) is 58.4 Å². The van der Waals surface area contributed by atoms with Crippen molar-refractivity contribution in [3.63, 3.8) is 0 Å². The van der Waals surface area contributed by atoms with Crippen LogP contribution in [0.25, 0.3) is 0 Å². The Morgan fingerprint density at radius 1 is 1.33 bits per heavy atom. The smallest absolute Gasteiger partial charge is 0.148 e. The lowest BCUT2D eigenvalue weighted by atomic mass is 10.0. The summed E-state index contributed by atoms with van der Waals surface area (Å²) < 4.78 is 2.16. The molecule has 0 N–H and O–H groups in total. The second-order valence-electron chi connectivity index (χ2n) is 4.92. The molecule has 1 unspecified atom stereocenters. The third-order valence-corrected chi connectivity index (χ3v) is 2.84. The number of rotatable bonds is 3. The zero-order chi connectivity index (χ0) is 11.6. The van der Waals surface area contributed by atoms with Gasteiger partial charge in [-0.15, -0.1) is 21.8 Å². The monoisotopic (exact) mass is 229 g/mol. The zero-order valence-electron chi connectivity index (χ0n) is 10.2. The lowest BCUT2D eigenvalue weighted by molar-refractivity contribution is 0.364. The lowest BCUT2D eigenvalue weighted by Crippen LogP contribution is -2.26. The van der Waals surface area contributed by atoms with Crippen LogP contribution in [0.3, 0.4) is 0 Å². The van der Waals surface area contributed by atoms with Crippen molar-refractivity contribution in [1.82, 2.24) is 14.8 Å². The fourth-order valence-corrected chi connectivity index (χ4v) is 1.82. The molecule has 1 atom stereocenters. The number of hydrogen-bond donors (Lipinski definition) is 0. The molecule has 0 spiro atoms. The fourth-order valence-electron chi connectivity index (χ4n) is 1.65. The predicted octanol–water partition coefficient (Wildman–Crippen LogP) is 3.29. The van der Waals surface area contributed by atoms with Crippen molar-refractivity contribution in [3.05, 3.63) is 11.6 Å². The molecule has 0 radical (unpaired) electrons. The molecule has 0 aliphatic heterocycles. The van der Waals surface area contributed by atoms with E-state index in [4.69, 9.17) is 11.6 Å². The quantitative estimate of drug-likeness (QED) is 0.745. The fraction of sp³-hybridized carbons (Fsp3) is 0.818. The maximum atomic E-state index is 5.88. The summed E-state index contributed by atoms with van der Waals surface area (Å²) >= 11 is 5.88. The van der Waals surface area contributed by atoms with Gasteiger partial charge >= 0.3 is 0 Å². The van der Waals surface area contributed by atoms with Crippen LogP contribution in [0.5, 0.6) is 0 Å². The van der Waals surface area contributed by atoms with Crippen LogP contribution in [0.2, 0.25) is 0 Å². The van der Waals surface area contributed by atoms with E-state index >= 15 is 0 Å². The Balaban J connectivity index is 3.23. The van der Waals surface area contributed by atoms with E-state index in [0.717, 1.165) is 18.1 Å². The van der Waals surface area contributed by atoms with Crippen molar-refractivity contribution < 1.29 is 0 Å². The molecule has 0 aromatic carbocycles. The van der Waals surface area contributed by atoms with Crippen molar-refractivity contribution in [2.75, 3.05) is 0 Å². The Morgan fingerprint density at radius 3 is 2.33 bits per heavy atom. The first kappa shape index (κ1) is 12.5. The number of halogens is 1. The first-order valence-electron chi connectivity index (χ1n) is 5.42. The van der Waals surface area contributed by atoms with E-state index in [9.17, 15) is 0 Å². The van der Waals surface area contributed by atoms with Crippen LogP contribution in [0, 0.1) is 0 Å². The molecule has 3 nitrogen and oxygen atoms in total. The van der Waals surface area contributed by atoms with Crippen molar-refractivity contribution in [1.29, 1.82) is 0 Å². The van der Waals surface area contributed by atoms with Gasteiger partial charge in [0.2, 0.25) is 0 Å².